The number of aliphatic hydroxyl groups excluding tert-OH is 1. The van der Waals surface area contributed by atoms with Gasteiger partial charge in [-0.15, -0.1) is 0 Å². The van der Waals surface area contributed by atoms with Crippen molar-refractivity contribution in [3.8, 4) is 28.4 Å². The number of aromatic nitrogens is 3. The minimum atomic E-state index is -0.713. The molecule has 36 heavy (non-hydrogen) atoms. The molecule has 1 fully saturated rings. The van der Waals surface area contributed by atoms with E-state index in [9.17, 15) is 5.11 Å². The Morgan fingerprint density at radius 3 is 2.81 bits per heavy atom. The van der Waals surface area contributed by atoms with Crippen molar-refractivity contribution < 1.29 is 14.6 Å². The monoisotopic (exact) mass is 525 g/mol. The van der Waals surface area contributed by atoms with Crippen LogP contribution in [0.1, 0.15) is 18.0 Å². The molecular weight excluding hydrogens is 501 g/mol. The number of nitrogen functional groups attached to an aromatic ring is 1. The summed E-state index contributed by atoms with van der Waals surface area (Å²) in [6.07, 6.45) is 3.02. The van der Waals surface area contributed by atoms with Crippen LogP contribution < -0.4 is 15.2 Å². The molecule has 2 aromatic carbocycles. The van der Waals surface area contributed by atoms with Crippen molar-refractivity contribution in [2.75, 3.05) is 25.9 Å². The van der Waals surface area contributed by atoms with Crippen LogP contribution in [0.25, 0.3) is 16.6 Å². The summed E-state index contributed by atoms with van der Waals surface area (Å²) in [6, 6.07) is 12.7. The number of nitrogens with two attached hydrogens (primary N) is 1. The summed E-state index contributed by atoms with van der Waals surface area (Å²) in [5, 5.41) is 15.8. The molecule has 186 valence electrons. The molecule has 3 heterocycles. The van der Waals surface area contributed by atoms with Gasteiger partial charge in [0.1, 0.15) is 23.8 Å². The van der Waals surface area contributed by atoms with Crippen LogP contribution in [0.5, 0.6) is 17.2 Å². The Morgan fingerprint density at radius 1 is 1.22 bits per heavy atom. The van der Waals surface area contributed by atoms with Crippen molar-refractivity contribution in [2.45, 2.75) is 18.6 Å². The predicted molar refractivity (Wildman–Crippen MR) is 141 cm³/mol. The summed E-state index contributed by atoms with van der Waals surface area (Å²) < 4.78 is 13.4. The van der Waals surface area contributed by atoms with E-state index in [2.05, 4.69) is 16.7 Å². The van der Waals surface area contributed by atoms with Crippen LogP contribution in [-0.4, -0.2) is 51.0 Å². The SMILES string of the molecule is C=CC(O)N1CCC(c2c(Cl)c(-c3ccc(Oc4cccc(Cl)c4)c(OC)c3)c3c(N)ncnn23)C1. The van der Waals surface area contributed by atoms with Crippen molar-refractivity contribution in [3.05, 3.63) is 77.2 Å². The minimum Gasteiger partial charge on any atom is -0.493 e. The second kappa shape index (κ2) is 9.99. The second-order valence-corrected chi connectivity index (χ2v) is 9.35. The van der Waals surface area contributed by atoms with Crippen molar-refractivity contribution in [2.24, 2.45) is 0 Å². The van der Waals surface area contributed by atoms with Crippen molar-refractivity contribution >= 4 is 34.5 Å². The van der Waals surface area contributed by atoms with Gasteiger partial charge in [-0.05, 0) is 48.4 Å². The van der Waals surface area contributed by atoms with Crippen LogP contribution in [-0.2, 0) is 0 Å². The molecule has 5 rings (SSSR count). The van der Waals surface area contributed by atoms with Gasteiger partial charge in [0.15, 0.2) is 17.3 Å². The topological polar surface area (TPSA) is 98.1 Å². The summed E-state index contributed by atoms with van der Waals surface area (Å²) in [7, 11) is 1.57. The molecule has 0 saturated carbocycles. The number of likely N-dealkylation sites (tertiary alicyclic amines) is 1. The summed E-state index contributed by atoms with van der Waals surface area (Å²) in [6.45, 7) is 5.01. The van der Waals surface area contributed by atoms with E-state index in [1.165, 1.54) is 12.4 Å². The molecule has 0 radical (unpaired) electrons. The lowest BCUT2D eigenvalue weighted by Crippen LogP contribution is -2.31. The van der Waals surface area contributed by atoms with Gasteiger partial charge in [-0.25, -0.2) is 9.50 Å². The molecule has 3 N–H and O–H groups in total. The van der Waals surface area contributed by atoms with Crippen molar-refractivity contribution in [1.29, 1.82) is 0 Å². The van der Waals surface area contributed by atoms with E-state index in [0.29, 0.717) is 57.3 Å². The Labute approximate surface area is 218 Å². The lowest BCUT2D eigenvalue weighted by molar-refractivity contribution is 0.0604. The van der Waals surface area contributed by atoms with Gasteiger partial charge in [0, 0.05) is 29.6 Å². The van der Waals surface area contributed by atoms with Crippen LogP contribution in [0.15, 0.2) is 61.4 Å². The van der Waals surface area contributed by atoms with Gasteiger partial charge >= 0.3 is 0 Å². The first kappa shape index (κ1) is 24.4. The molecule has 2 aromatic heterocycles. The molecule has 0 aliphatic carbocycles. The van der Waals surface area contributed by atoms with Gasteiger partial charge in [-0.1, -0.05) is 41.9 Å². The summed E-state index contributed by atoms with van der Waals surface area (Å²) >= 11 is 13.1. The van der Waals surface area contributed by atoms with Gasteiger partial charge in [0.25, 0.3) is 0 Å². The van der Waals surface area contributed by atoms with Crippen LogP contribution in [0.2, 0.25) is 10.0 Å². The van der Waals surface area contributed by atoms with E-state index >= 15 is 0 Å². The van der Waals surface area contributed by atoms with E-state index in [0.717, 1.165) is 17.7 Å². The van der Waals surface area contributed by atoms with Crippen molar-refractivity contribution in [1.82, 2.24) is 19.5 Å². The Bertz CT molecular complexity index is 1440. The molecule has 0 spiro atoms. The quantitative estimate of drug-likeness (QED) is 0.312. The highest BCUT2D eigenvalue weighted by Gasteiger charge is 2.33. The third-order valence-corrected chi connectivity index (χ3v) is 7.01. The number of methoxy groups -OCH3 is 1. The number of nitrogens with zero attached hydrogens (tertiary/aromatic N) is 4. The first-order valence-corrected chi connectivity index (χ1v) is 12.1. The average Bonchev–Trinajstić information content (AvgIpc) is 3.47. The number of fused-ring (bicyclic) bond motifs is 1. The number of hydrogen-bond acceptors (Lipinski definition) is 7. The highest BCUT2D eigenvalue weighted by Crippen LogP contribution is 2.45. The largest absolute Gasteiger partial charge is 0.493 e. The molecule has 10 heteroatoms. The van der Waals surface area contributed by atoms with Gasteiger partial charge < -0.3 is 20.3 Å². The molecule has 2 unspecified atom stereocenters. The summed E-state index contributed by atoms with van der Waals surface area (Å²) in [5.41, 5.74) is 9.26. The number of aliphatic hydroxyl groups is 1. The Kier molecular flexibility index (Phi) is 6.77. The molecule has 1 aliphatic heterocycles. The summed E-state index contributed by atoms with van der Waals surface area (Å²) in [4.78, 5) is 6.16. The fourth-order valence-corrected chi connectivity index (χ4v) is 5.30. The number of anilines is 1. The first-order chi connectivity index (χ1) is 17.4. The zero-order valence-corrected chi connectivity index (χ0v) is 21.1. The van der Waals surface area contributed by atoms with Gasteiger partial charge in [0.05, 0.1) is 17.8 Å². The smallest absolute Gasteiger partial charge is 0.169 e. The number of ether oxygens (including phenoxy) is 2. The molecule has 0 amide bonds. The molecule has 8 nitrogen and oxygen atoms in total. The Hall–Kier alpha value is -3.30. The Balaban J connectivity index is 1.59. The maximum absolute atomic E-state index is 10.2. The number of benzene rings is 2. The third-order valence-electron chi connectivity index (χ3n) is 6.40. The molecule has 0 bridgehead atoms. The maximum atomic E-state index is 10.2. The summed E-state index contributed by atoms with van der Waals surface area (Å²) in [5.74, 6) is 1.98. The fraction of sp³-hybridized carbons (Fsp3) is 0.231. The van der Waals surface area contributed by atoms with Crippen LogP contribution in [0, 0.1) is 0 Å². The van der Waals surface area contributed by atoms with Crippen LogP contribution in [0.3, 0.4) is 0 Å². The van der Waals surface area contributed by atoms with E-state index in [1.807, 2.05) is 35.2 Å². The van der Waals surface area contributed by atoms with Gasteiger partial charge in [0.2, 0.25) is 0 Å². The third kappa shape index (κ3) is 4.37. The molecule has 1 aliphatic rings. The maximum Gasteiger partial charge on any atom is 0.169 e. The van der Waals surface area contributed by atoms with Gasteiger partial charge in [-0.3, -0.25) is 4.90 Å². The lowest BCUT2D eigenvalue weighted by atomic mass is 10.0. The van der Waals surface area contributed by atoms with E-state index in [4.69, 9.17) is 38.4 Å². The normalized spacial score (nSPS) is 16.8. The zero-order chi connectivity index (χ0) is 25.4. The van der Waals surface area contributed by atoms with E-state index in [1.54, 1.807) is 23.8 Å². The highest BCUT2D eigenvalue weighted by molar-refractivity contribution is 6.35. The van der Waals surface area contributed by atoms with Gasteiger partial charge in [-0.2, -0.15) is 5.10 Å². The first-order valence-electron chi connectivity index (χ1n) is 11.4. The highest BCUT2D eigenvalue weighted by atomic mass is 35.5. The standard InChI is InChI=1S/C26H25Cl2N5O3/c1-3-21(34)32-10-9-16(13-32)24-23(28)22(25-26(29)30-14-31-33(24)25)15-7-8-19(20(11-15)35-2)36-18-6-4-5-17(27)12-18/h3-8,11-12,14,16,21,34H,1,9-10,13H2,2H3,(H2,29,30,31). The van der Waals surface area contributed by atoms with Crippen LogP contribution in [0.4, 0.5) is 5.82 Å². The Morgan fingerprint density at radius 2 is 2.06 bits per heavy atom. The lowest BCUT2D eigenvalue weighted by Gasteiger charge is -2.19. The number of hydrogen-bond donors (Lipinski definition) is 2. The predicted octanol–water partition coefficient (Wildman–Crippen LogP) is 5.38. The number of halogens is 2. The molecule has 2 atom stereocenters. The van der Waals surface area contributed by atoms with Crippen LogP contribution >= 0.6 is 23.2 Å². The minimum absolute atomic E-state index is 0.0370. The number of rotatable bonds is 7. The molecule has 4 aromatic rings. The fourth-order valence-electron chi connectivity index (χ4n) is 4.69. The van der Waals surface area contributed by atoms with E-state index in [-0.39, 0.29) is 5.92 Å². The zero-order valence-electron chi connectivity index (χ0n) is 19.6. The van der Waals surface area contributed by atoms with Crippen molar-refractivity contribution in [3.63, 3.8) is 0 Å². The molecular formula is C26H25Cl2N5O3. The van der Waals surface area contributed by atoms with E-state index < -0.39 is 6.23 Å². The second-order valence-electron chi connectivity index (χ2n) is 8.53. The molecule has 1 saturated heterocycles. The average molecular weight is 526 g/mol.